The van der Waals surface area contributed by atoms with Crippen LogP contribution in [0.4, 0.5) is 10.3 Å². The van der Waals surface area contributed by atoms with E-state index in [0.717, 1.165) is 10.6 Å². The van der Waals surface area contributed by atoms with Gasteiger partial charge in [-0.2, -0.15) is 0 Å². The average molecular weight is 478 g/mol. The Balaban J connectivity index is 2.16. The van der Waals surface area contributed by atoms with Crippen LogP contribution in [-0.2, 0) is 24.3 Å². The lowest BCUT2D eigenvalue weighted by atomic mass is 9.97. The fourth-order valence-corrected chi connectivity index (χ4v) is 3.87. The molecule has 1 aliphatic rings. The summed E-state index contributed by atoms with van der Waals surface area (Å²) in [5, 5.41) is 0. The summed E-state index contributed by atoms with van der Waals surface area (Å²) in [7, 11) is -0.669. The Kier molecular flexibility index (Phi) is 7.48. The van der Waals surface area contributed by atoms with E-state index in [4.69, 9.17) is 9.47 Å². The Labute approximate surface area is 193 Å². The van der Waals surface area contributed by atoms with E-state index in [9.17, 15) is 17.6 Å². The number of esters is 1. The van der Waals surface area contributed by atoms with Crippen LogP contribution in [-0.4, -0.2) is 57.0 Å². The van der Waals surface area contributed by atoms with E-state index in [1.54, 1.807) is 31.4 Å². The number of carbonyl (C=O) groups excluding carboxylic acids is 1. The van der Waals surface area contributed by atoms with Gasteiger partial charge in [-0.05, 0) is 36.3 Å². The minimum absolute atomic E-state index is 0.0150. The molecule has 1 aromatic heterocycles. The molecule has 0 radical (unpaired) electrons. The smallest absolute Gasteiger partial charge is 0.309 e. The molecule has 1 aromatic carbocycles. The highest BCUT2D eigenvalue weighted by atomic mass is 32.2. The third-order valence-corrected chi connectivity index (χ3v) is 6.55. The average Bonchev–Trinajstić information content (AvgIpc) is 2.76. The summed E-state index contributed by atoms with van der Waals surface area (Å²) in [6.45, 7) is 3.86. The molecule has 0 N–H and O–H groups in total. The highest BCUT2D eigenvalue weighted by molar-refractivity contribution is 7.92. The highest BCUT2D eigenvalue weighted by Gasteiger charge is 2.27. The third-order valence-electron chi connectivity index (χ3n) is 5.39. The predicted octanol–water partition coefficient (Wildman–Crippen LogP) is 3.54. The van der Waals surface area contributed by atoms with E-state index >= 15 is 0 Å². The molecule has 178 valence electrons. The number of rotatable bonds is 7. The number of benzene rings is 1. The van der Waals surface area contributed by atoms with Crippen molar-refractivity contribution < 1.29 is 27.1 Å². The Morgan fingerprint density at radius 3 is 2.48 bits per heavy atom. The predicted molar refractivity (Wildman–Crippen MR) is 124 cm³/mol. The molecule has 0 amide bonds. The maximum Gasteiger partial charge on any atom is 0.309 e. The molecular weight excluding hydrogens is 449 g/mol. The van der Waals surface area contributed by atoms with Crippen LogP contribution in [0, 0.1) is 5.82 Å². The van der Waals surface area contributed by atoms with Crippen molar-refractivity contribution in [2.75, 3.05) is 24.7 Å². The molecule has 0 saturated carbocycles. The maximum atomic E-state index is 13.6. The van der Waals surface area contributed by atoms with Gasteiger partial charge in [0.15, 0.2) is 0 Å². The van der Waals surface area contributed by atoms with Crippen molar-refractivity contribution in [2.24, 2.45) is 0 Å². The lowest BCUT2D eigenvalue weighted by Gasteiger charge is -2.26. The molecule has 3 rings (SSSR count). The monoisotopic (exact) mass is 477 g/mol. The minimum Gasteiger partial charge on any atom is -0.458 e. The van der Waals surface area contributed by atoms with Crippen LogP contribution in [0.25, 0.3) is 17.3 Å². The molecule has 1 fully saturated rings. The minimum atomic E-state index is -3.60. The summed E-state index contributed by atoms with van der Waals surface area (Å²) in [6, 6.07) is 5.77. The number of cyclic esters (lactones) is 1. The lowest BCUT2D eigenvalue weighted by molar-refractivity contribution is -0.157. The van der Waals surface area contributed by atoms with Crippen molar-refractivity contribution in [1.29, 1.82) is 0 Å². The second-order valence-corrected chi connectivity index (χ2v) is 10.3. The molecule has 0 bridgehead atoms. The van der Waals surface area contributed by atoms with Crippen LogP contribution in [0.1, 0.15) is 43.9 Å². The van der Waals surface area contributed by atoms with E-state index in [-0.39, 0.29) is 30.4 Å². The van der Waals surface area contributed by atoms with Gasteiger partial charge in [0.2, 0.25) is 16.0 Å². The van der Waals surface area contributed by atoms with Crippen molar-refractivity contribution in [3.05, 3.63) is 47.4 Å². The number of halogens is 1. The van der Waals surface area contributed by atoms with Crippen molar-refractivity contribution in [3.8, 4) is 11.3 Å². The molecule has 1 aliphatic heterocycles. The van der Waals surface area contributed by atoms with Crippen LogP contribution in [0.5, 0.6) is 0 Å². The van der Waals surface area contributed by atoms with Crippen molar-refractivity contribution in [2.45, 2.75) is 44.8 Å². The van der Waals surface area contributed by atoms with Gasteiger partial charge in [-0.25, -0.2) is 27.1 Å². The Bertz CT molecular complexity index is 1150. The maximum absolute atomic E-state index is 13.6. The summed E-state index contributed by atoms with van der Waals surface area (Å²) >= 11 is 0. The number of hydrogen-bond acceptors (Lipinski definition) is 7. The number of sulfonamides is 1. The number of methoxy groups -OCH3 is 1. The fraction of sp³-hybridized carbons (Fsp3) is 0.435. The number of aromatic nitrogens is 2. The first-order chi connectivity index (χ1) is 15.5. The molecule has 2 unspecified atom stereocenters. The van der Waals surface area contributed by atoms with Crippen LogP contribution in [0.2, 0.25) is 0 Å². The van der Waals surface area contributed by atoms with Gasteiger partial charge >= 0.3 is 5.97 Å². The summed E-state index contributed by atoms with van der Waals surface area (Å²) in [6.07, 6.45) is 4.58. The number of hydrogen-bond donors (Lipinski definition) is 0. The van der Waals surface area contributed by atoms with Crippen LogP contribution < -0.4 is 4.31 Å². The quantitative estimate of drug-likeness (QED) is 0.563. The Hall–Kier alpha value is -2.85. The zero-order chi connectivity index (χ0) is 24.3. The largest absolute Gasteiger partial charge is 0.458 e. The van der Waals surface area contributed by atoms with Gasteiger partial charge in [-0.15, -0.1) is 0 Å². The molecule has 2 atom stereocenters. The first-order valence-electron chi connectivity index (χ1n) is 10.5. The second kappa shape index (κ2) is 9.96. The summed E-state index contributed by atoms with van der Waals surface area (Å²) in [4.78, 5) is 21.0. The zero-order valence-corrected chi connectivity index (χ0v) is 20.1. The van der Waals surface area contributed by atoms with Gasteiger partial charge in [0.1, 0.15) is 11.9 Å². The van der Waals surface area contributed by atoms with Gasteiger partial charge in [0.05, 0.1) is 30.2 Å². The van der Waals surface area contributed by atoms with E-state index in [0.29, 0.717) is 28.9 Å². The van der Waals surface area contributed by atoms with Gasteiger partial charge < -0.3 is 9.47 Å². The van der Waals surface area contributed by atoms with Gasteiger partial charge in [0, 0.05) is 31.7 Å². The number of nitrogens with zero attached hydrogens (tertiary/aromatic N) is 3. The van der Waals surface area contributed by atoms with E-state index in [1.165, 1.54) is 19.2 Å². The van der Waals surface area contributed by atoms with Crippen LogP contribution >= 0.6 is 0 Å². The molecule has 2 heterocycles. The normalized spacial score (nSPS) is 19.2. The Morgan fingerprint density at radius 2 is 1.91 bits per heavy atom. The van der Waals surface area contributed by atoms with Gasteiger partial charge in [-0.3, -0.25) is 4.79 Å². The first kappa shape index (κ1) is 24.8. The second-order valence-electron chi connectivity index (χ2n) is 8.25. The van der Waals surface area contributed by atoms with Crippen LogP contribution in [0.3, 0.4) is 0 Å². The molecule has 1 saturated heterocycles. The van der Waals surface area contributed by atoms with E-state index in [1.807, 2.05) is 13.8 Å². The topological polar surface area (TPSA) is 98.7 Å². The molecule has 0 spiro atoms. The molecule has 2 aromatic rings. The Morgan fingerprint density at radius 1 is 1.24 bits per heavy atom. The first-order valence-corrected chi connectivity index (χ1v) is 12.4. The standard InChI is InChI=1S/C23H28FN3O5S/c1-14(2)21-19(11-10-17-12-18(31-4)13-20(28)32-17)22(15-6-8-16(24)9-7-15)26-23(25-21)27(3)33(5,29)30/h6-11,14,17-18H,12-13H2,1-5H3/b11-10+. The zero-order valence-electron chi connectivity index (χ0n) is 19.3. The summed E-state index contributed by atoms with van der Waals surface area (Å²) in [5.74, 6) is -0.811. The summed E-state index contributed by atoms with van der Waals surface area (Å²) < 4.78 is 49.6. The number of ether oxygens (including phenoxy) is 2. The molecule has 10 heteroatoms. The summed E-state index contributed by atoms with van der Waals surface area (Å²) in [5.41, 5.74) is 2.29. The van der Waals surface area contributed by atoms with E-state index < -0.39 is 21.9 Å². The van der Waals surface area contributed by atoms with Gasteiger partial charge in [0.25, 0.3) is 0 Å². The van der Waals surface area contributed by atoms with Crippen molar-refractivity contribution in [1.82, 2.24) is 9.97 Å². The third kappa shape index (κ3) is 5.94. The van der Waals surface area contributed by atoms with Crippen LogP contribution in [0.15, 0.2) is 30.3 Å². The fourth-order valence-electron chi connectivity index (χ4n) is 3.49. The lowest BCUT2D eigenvalue weighted by Crippen LogP contribution is -2.32. The molecular formula is C23H28FN3O5S. The van der Waals surface area contributed by atoms with Crippen molar-refractivity contribution >= 4 is 28.0 Å². The molecule has 8 nitrogen and oxygen atoms in total. The van der Waals surface area contributed by atoms with Gasteiger partial charge in [-0.1, -0.05) is 19.9 Å². The highest BCUT2D eigenvalue weighted by Crippen LogP contribution is 2.32. The van der Waals surface area contributed by atoms with Crippen molar-refractivity contribution in [3.63, 3.8) is 0 Å². The number of anilines is 1. The molecule has 33 heavy (non-hydrogen) atoms. The molecule has 0 aliphatic carbocycles. The number of carbonyl (C=O) groups is 1. The van der Waals surface area contributed by atoms with E-state index in [2.05, 4.69) is 9.97 Å². The SMILES string of the molecule is COC1CC(=O)OC(/C=C/c2c(-c3ccc(F)cc3)nc(N(C)S(C)(=O)=O)nc2C(C)C)C1.